The van der Waals surface area contributed by atoms with Gasteiger partial charge >= 0.3 is 0 Å². The maximum atomic E-state index is 6.17. The van der Waals surface area contributed by atoms with Crippen LogP contribution in [0.15, 0.2) is 18.2 Å². The molecule has 3 atom stereocenters. The van der Waals surface area contributed by atoms with Crippen LogP contribution < -0.4 is 10.5 Å². The van der Waals surface area contributed by atoms with E-state index in [1.54, 1.807) is 7.11 Å². The van der Waals surface area contributed by atoms with Crippen molar-refractivity contribution in [2.75, 3.05) is 7.11 Å². The smallest absolute Gasteiger partial charge is 0.120 e. The minimum absolute atomic E-state index is 0.209. The Balaban J connectivity index is 1.68. The van der Waals surface area contributed by atoms with Crippen LogP contribution in [0, 0.1) is 0 Å². The summed E-state index contributed by atoms with van der Waals surface area (Å²) in [5, 5.41) is 0. The number of nitrogens with two attached hydrogens (primary N) is 1. The maximum Gasteiger partial charge on any atom is 0.120 e. The SMILES string of the molecule is COC1CCCC(Oc2ccc3c(c2)CCCC3N)C1. The summed E-state index contributed by atoms with van der Waals surface area (Å²) in [5.41, 5.74) is 8.84. The summed E-state index contributed by atoms with van der Waals surface area (Å²) in [6, 6.07) is 6.65. The molecule has 0 radical (unpaired) electrons. The van der Waals surface area contributed by atoms with E-state index in [0.29, 0.717) is 12.2 Å². The van der Waals surface area contributed by atoms with E-state index in [2.05, 4.69) is 18.2 Å². The molecule has 0 bridgehead atoms. The molecule has 1 aromatic carbocycles. The standard InChI is InChI=1S/C17H25NO2/c1-19-13-5-3-6-14(11-13)20-15-8-9-16-12(10-15)4-2-7-17(16)18/h8-10,13-14,17H,2-7,11,18H2,1H3. The maximum absolute atomic E-state index is 6.17. The van der Waals surface area contributed by atoms with Crippen LogP contribution in [0.2, 0.25) is 0 Å². The third kappa shape index (κ3) is 2.99. The van der Waals surface area contributed by atoms with Gasteiger partial charge in [0.15, 0.2) is 0 Å². The van der Waals surface area contributed by atoms with Crippen LogP contribution in [0.3, 0.4) is 0 Å². The van der Waals surface area contributed by atoms with E-state index in [4.69, 9.17) is 15.2 Å². The zero-order valence-corrected chi connectivity index (χ0v) is 12.3. The second kappa shape index (κ2) is 6.15. The molecule has 0 heterocycles. The summed E-state index contributed by atoms with van der Waals surface area (Å²) in [6.45, 7) is 0. The van der Waals surface area contributed by atoms with E-state index in [-0.39, 0.29) is 6.04 Å². The van der Waals surface area contributed by atoms with Gasteiger partial charge in [-0.05, 0) is 61.8 Å². The van der Waals surface area contributed by atoms with Crippen molar-refractivity contribution in [2.24, 2.45) is 5.73 Å². The number of hydrogen-bond donors (Lipinski definition) is 1. The lowest BCUT2D eigenvalue weighted by atomic mass is 9.88. The molecule has 0 aliphatic heterocycles. The van der Waals surface area contributed by atoms with Gasteiger partial charge in [0.2, 0.25) is 0 Å². The first-order chi connectivity index (χ1) is 9.76. The molecule has 2 aliphatic rings. The minimum Gasteiger partial charge on any atom is -0.490 e. The number of rotatable bonds is 3. The fraction of sp³-hybridized carbons (Fsp3) is 0.647. The van der Waals surface area contributed by atoms with E-state index in [0.717, 1.165) is 37.9 Å². The van der Waals surface area contributed by atoms with Crippen LogP contribution >= 0.6 is 0 Å². The lowest BCUT2D eigenvalue weighted by Gasteiger charge is -2.29. The van der Waals surface area contributed by atoms with Gasteiger partial charge in [-0.2, -0.15) is 0 Å². The highest BCUT2D eigenvalue weighted by molar-refractivity contribution is 5.39. The highest BCUT2D eigenvalue weighted by atomic mass is 16.5. The molecule has 1 saturated carbocycles. The predicted molar refractivity (Wildman–Crippen MR) is 80.0 cm³/mol. The Labute approximate surface area is 121 Å². The topological polar surface area (TPSA) is 44.5 Å². The predicted octanol–water partition coefficient (Wildman–Crippen LogP) is 3.36. The van der Waals surface area contributed by atoms with Crippen molar-refractivity contribution in [3.63, 3.8) is 0 Å². The fourth-order valence-electron chi connectivity index (χ4n) is 3.52. The molecule has 0 amide bonds. The molecule has 0 spiro atoms. The van der Waals surface area contributed by atoms with Crippen LogP contribution in [0.1, 0.15) is 55.7 Å². The average molecular weight is 275 g/mol. The molecule has 0 aromatic heterocycles. The quantitative estimate of drug-likeness (QED) is 0.920. The van der Waals surface area contributed by atoms with Gasteiger partial charge in [0.1, 0.15) is 11.9 Å². The zero-order valence-electron chi connectivity index (χ0n) is 12.3. The zero-order chi connectivity index (χ0) is 13.9. The first-order valence-electron chi connectivity index (χ1n) is 7.84. The van der Waals surface area contributed by atoms with Gasteiger partial charge in [0.25, 0.3) is 0 Å². The Morgan fingerprint density at radius 3 is 2.80 bits per heavy atom. The highest BCUT2D eigenvalue weighted by Crippen LogP contribution is 2.32. The number of methoxy groups -OCH3 is 1. The molecule has 2 aliphatic carbocycles. The normalized spacial score (nSPS) is 29.8. The van der Waals surface area contributed by atoms with Gasteiger partial charge in [0.05, 0.1) is 6.10 Å². The van der Waals surface area contributed by atoms with Crippen LogP contribution in [0.5, 0.6) is 5.75 Å². The minimum atomic E-state index is 0.209. The Bertz CT molecular complexity index is 460. The number of hydrogen-bond acceptors (Lipinski definition) is 3. The monoisotopic (exact) mass is 275 g/mol. The lowest BCUT2D eigenvalue weighted by molar-refractivity contribution is 0.0209. The van der Waals surface area contributed by atoms with Crippen molar-refractivity contribution >= 4 is 0 Å². The molecule has 1 aromatic rings. The van der Waals surface area contributed by atoms with E-state index >= 15 is 0 Å². The summed E-state index contributed by atoms with van der Waals surface area (Å²) < 4.78 is 11.6. The van der Waals surface area contributed by atoms with Crippen molar-refractivity contribution < 1.29 is 9.47 Å². The first kappa shape index (κ1) is 13.9. The van der Waals surface area contributed by atoms with Crippen molar-refractivity contribution in [3.8, 4) is 5.75 Å². The second-order valence-corrected chi connectivity index (χ2v) is 6.12. The molecule has 2 N–H and O–H groups in total. The summed E-state index contributed by atoms with van der Waals surface area (Å²) in [4.78, 5) is 0. The van der Waals surface area contributed by atoms with Gasteiger partial charge in [-0.3, -0.25) is 0 Å². The first-order valence-corrected chi connectivity index (χ1v) is 7.84. The van der Waals surface area contributed by atoms with Gasteiger partial charge < -0.3 is 15.2 Å². The second-order valence-electron chi connectivity index (χ2n) is 6.12. The highest BCUT2D eigenvalue weighted by Gasteiger charge is 2.24. The summed E-state index contributed by atoms with van der Waals surface area (Å²) in [5.74, 6) is 1.000. The van der Waals surface area contributed by atoms with Crippen LogP contribution in [0.4, 0.5) is 0 Å². The summed E-state index contributed by atoms with van der Waals surface area (Å²) >= 11 is 0. The summed E-state index contributed by atoms with van der Waals surface area (Å²) in [7, 11) is 1.80. The fourth-order valence-corrected chi connectivity index (χ4v) is 3.52. The van der Waals surface area contributed by atoms with Crippen molar-refractivity contribution in [1.29, 1.82) is 0 Å². The van der Waals surface area contributed by atoms with Crippen molar-refractivity contribution in [3.05, 3.63) is 29.3 Å². The number of benzene rings is 1. The van der Waals surface area contributed by atoms with E-state index in [1.807, 2.05) is 0 Å². The molecule has 0 saturated heterocycles. The molecular weight excluding hydrogens is 250 g/mol. The molecule has 3 heteroatoms. The Kier molecular flexibility index (Phi) is 4.27. The van der Waals surface area contributed by atoms with Gasteiger partial charge in [-0.25, -0.2) is 0 Å². The number of ether oxygens (including phenoxy) is 2. The molecule has 3 rings (SSSR count). The van der Waals surface area contributed by atoms with Gasteiger partial charge in [0, 0.05) is 19.6 Å². The van der Waals surface area contributed by atoms with Crippen LogP contribution in [-0.2, 0) is 11.2 Å². The van der Waals surface area contributed by atoms with Crippen molar-refractivity contribution in [1.82, 2.24) is 0 Å². The number of aryl methyl sites for hydroxylation is 1. The lowest BCUT2D eigenvalue weighted by Crippen LogP contribution is -2.29. The third-order valence-electron chi connectivity index (χ3n) is 4.69. The van der Waals surface area contributed by atoms with Crippen molar-refractivity contribution in [2.45, 2.75) is 63.2 Å². The summed E-state index contributed by atoms with van der Waals surface area (Å²) in [6.07, 6.45) is 8.57. The Morgan fingerprint density at radius 1 is 1.10 bits per heavy atom. The molecular formula is C17H25NO2. The third-order valence-corrected chi connectivity index (χ3v) is 4.69. The molecule has 1 fully saturated rings. The van der Waals surface area contributed by atoms with Gasteiger partial charge in [-0.1, -0.05) is 6.07 Å². The molecule has 110 valence electrons. The molecule has 3 unspecified atom stereocenters. The van der Waals surface area contributed by atoms with E-state index in [9.17, 15) is 0 Å². The van der Waals surface area contributed by atoms with E-state index < -0.39 is 0 Å². The largest absolute Gasteiger partial charge is 0.490 e. The van der Waals surface area contributed by atoms with Crippen LogP contribution in [-0.4, -0.2) is 19.3 Å². The van der Waals surface area contributed by atoms with E-state index in [1.165, 1.54) is 24.0 Å². The molecule has 20 heavy (non-hydrogen) atoms. The average Bonchev–Trinajstić information content (AvgIpc) is 2.47. The number of fused-ring (bicyclic) bond motifs is 1. The van der Waals surface area contributed by atoms with Gasteiger partial charge in [-0.15, -0.1) is 0 Å². The molecule has 3 nitrogen and oxygen atoms in total. The van der Waals surface area contributed by atoms with Crippen LogP contribution in [0.25, 0.3) is 0 Å². The Hall–Kier alpha value is -1.06. The Morgan fingerprint density at radius 2 is 1.95 bits per heavy atom.